The normalized spacial score (nSPS) is 13.1. The average molecular weight is 174 g/mol. The standard InChI is InChI=1S/C3H4F2O4S/c1-9-10(7,8)3(4,5)2-6/h2H,1H3. The van der Waals surface area contributed by atoms with Crippen molar-refractivity contribution in [2.45, 2.75) is 5.25 Å². The van der Waals surface area contributed by atoms with E-state index >= 15 is 0 Å². The summed E-state index contributed by atoms with van der Waals surface area (Å²) in [6.45, 7) is 0. The maximum absolute atomic E-state index is 11.8. The van der Waals surface area contributed by atoms with E-state index in [0.29, 0.717) is 7.11 Å². The van der Waals surface area contributed by atoms with Crippen molar-refractivity contribution in [3.05, 3.63) is 0 Å². The zero-order chi connectivity index (χ0) is 8.41. The second kappa shape index (κ2) is 2.59. The van der Waals surface area contributed by atoms with Crippen molar-refractivity contribution in [2.75, 3.05) is 7.11 Å². The monoisotopic (exact) mass is 174 g/mol. The summed E-state index contributed by atoms with van der Waals surface area (Å²) in [6.07, 6.45) is -0.994. The van der Waals surface area contributed by atoms with Crippen LogP contribution in [0, 0.1) is 0 Å². The molecule has 0 radical (unpaired) electrons. The maximum Gasteiger partial charge on any atom is 0.424 e. The van der Waals surface area contributed by atoms with Gasteiger partial charge in [0.25, 0.3) is 0 Å². The van der Waals surface area contributed by atoms with E-state index in [-0.39, 0.29) is 0 Å². The fraction of sp³-hybridized carbons (Fsp3) is 0.667. The quantitative estimate of drug-likeness (QED) is 0.437. The van der Waals surface area contributed by atoms with Gasteiger partial charge in [0, 0.05) is 0 Å². The number of carbonyl (C=O) groups excluding carboxylic acids is 1. The third kappa shape index (κ3) is 1.48. The molecule has 7 heteroatoms. The molecule has 0 bridgehead atoms. The first-order valence-electron chi connectivity index (χ1n) is 2.01. The molecule has 0 aromatic heterocycles. The first kappa shape index (κ1) is 9.44. The molecule has 0 N–H and O–H groups in total. The van der Waals surface area contributed by atoms with Gasteiger partial charge in [0.1, 0.15) is 0 Å². The Morgan fingerprint density at radius 3 is 2.00 bits per heavy atom. The number of aldehydes is 1. The Hall–Kier alpha value is -0.560. The molecule has 0 aliphatic carbocycles. The van der Waals surface area contributed by atoms with E-state index in [1.165, 1.54) is 0 Å². The highest BCUT2D eigenvalue weighted by atomic mass is 32.2. The first-order valence-corrected chi connectivity index (χ1v) is 3.42. The fourth-order valence-corrected chi connectivity index (χ4v) is 0.510. The molecule has 0 fully saturated rings. The van der Waals surface area contributed by atoms with E-state index < -0.39 is 21.7 Å². The summed E-state index contributed by atoms with van der Waals surface area (Å²) in [7, 11) is -4.50. The smallest absolute Gasteiger partial charge is 0.295 e. The Kier molecular flexibility index (Phi) is 2.44. The second-order valence-corrected chi connectivity index (χ2v) is 3.09. The number of halogens is 2. The SMILES string of the molecule is COS(=O)(=O)C(F)(F)C=O. The fourth-order valence-electron chi connectivity index (χ4n) is 0.170. The lowest BCUT2D eigenvalue weighted by molar-refractivity contribution is -0.120. The topological polar surface area (TPSA) is 60.4 Å². The molecule has 0 saturated carbocycles. The molecule has 0 unspecified atom stereocenters. The molecule has 0 aliphatic rings. The Balaban J connectivity index is 4.81. The molecule has 0 amide bonds. The van der Waals surface area contributed by atoms with E-state index in [0.717, 1.165) is 0 Å². The molecular weight excluding hydrogens is 170 g/mol. The Morgan fingerprint density at radius 2 is 1.90 bits per heavy atom. The molecule has 0 spiro atoms. The van der Waals surface area contributed by atoms with Gasteiger partial charge in [-0.05, 0) is 0 Å². The Labute approximate surface area is 55.9 Å². The van der Waals surface area contributed by atoms with Gasteiger partial charge in [-0.25, -0.2) is 0 Å². The molecule has 0 heterocycles. The summed E-state index contributed by atoms with van der Waals surface area (Å²) in [5, 5.41) is -4.44. The highest BCUT2D eigenvalue weighted by molar-refractivity contribution is 7.88. The van der Waals surface area contributed by atoms with E-state index in [1.54, 1.807) is 0 Å². The van der Waals surface area contributed by atoms with Crippen LogP contribution in [0.3, 0.4) is 0 Å². The number of carbonyl (C=O) groups is 1. The summed E-state index contributed by atoms with van der Waals surface area (Å²) >= 11 is 0. The van der Waals surface area contributed by atoms with Crippen molar-refractivity contribution >= 4 is 16.4 Å². The predicted molar refractivity (Wildman–Crippen MR) is 26.9 cm³/mol. The van der Waals surface area contributed by atoms with Crippen LogP contribution in [0.25, 0.3) is 0 Å². The minimum Gasteiger partial charge on any atom is -0.295 e. The third-order valence-electron chi connectivity index (χ3n) is 0.690. The number of hydrogen-bond acceptors (Lipinski definition) is 4. The molecule has 0 saturated heterocycles. The van der Waals surface area contributed by atoms with Gasteiger partial charge in [0.2, 0.25) is 6.29 Å². The minimum absolute atomic E-state index is 0.548. The number of hydrogen-bond donors (Lipinski definition) is 0. The second-order valence-electron chi connectivity index (χ2n) is 1.30. The van der Waals surface area contributed by atoms with Crippen LogP contribution < -0.4 is 0 Å². The third-order valence-corrected chi connectivity index (χ3v) is 1.89. The minimum atomic E-state index is -5.05. The van der Waals surface area contributed by atoms with Gasteiger partial charge < -0.3 is 0 Å². The van der Waals surface area contributed by atoms with E-state index in [2.05, 4.69) is 4.18 Å². The molecule has 0 aromatic rings. The van der Waals surface area contributed by atoms with Crippen LogP contribution in [0.4, 0.5) is 8.78 Å². The van der Waals surface area contributed by atoms with Crippen molar-refractivity contribution in [1.29, 1.82) is 0 Å². The number of rotatable bonds is 3. The summed E-state index contributed by atoms with van der Waals surface area (Å²) in [6, 6.07) is 0. The van der Waals surface area contributed by atoms with Crippen LogP contribution in [-0.2, 0) is 19.1 Å². The Bertz CT molecular complexity index is 219. The average Bonchev–Trinajstić information content (AvgIpc) is 1.88. The van der Waals surface area contributed by atoms with Crippen LogP contribution in [-0.4, -0.2) is 27.1 Å². The molecule has 0 aliphatic heterocycles. The van der Waals surface area contributed by atoms with Crippen molar-refractivity contribution in [3.63, 3.8) is 0 Å². The molecule has 4 nitrogen and oxygen atoms in total. The molecule has 60 valence electrons. The van der Waals surface area contributed by atoms with Gasteiger partial charge in [0.05, 0.1) is 7.11 Å². The Morgan fingerprint density at radius 1 is 1.50 bits per heavy atom. The van der Waals surface area contributed by atoms with Crippen LogP contribution >= 0.6 is 0 Å². The predicted octanol–water partition coefficient (Wildman–Crippen LogP) is -0.246. The van der Waals surface area contributed by atoms with Gasteiger partial charge in [-0.3, -0.25) is 8.98 Å². The maximum atomic E-state index is 11.8. The highest BCUT2D eigenvalue weighted by Gasteiger charge is 2.45. The van der Waals surface area contributed by atoms with Crippen molar-refractivity contribution < 1.29 is 26.2 Å². The van der Waals surface area contributed by atoms with E-state index in [9.17, 15) is 22.0 Å². The molecule has 10 heavy (non-hydrogen) atoms. The zero-order valence-electron chi connectivity index (χ0n) is 4.87. The van der Waals surface area contributed by atoms with Crippen molar-refractivity contribution in [2.24, 2.45) is 0 Å². The zero-order valence-corrected chi connectivity index (χ0v) is 5.69. The lowest BCUT2D eigenvalue weighted by Gasteiger charge is -2.05. The van der Waals surface area contributed by atoms with Crippen molar-refractivity contribution in [1.82, 2.24) is 0 Å². The number of alkyl halides is 2. The van der Waals surface area contributed by atoms with Gasteiger partial charge in [-0.15, -0.1) is 0 Å². The van der Waals surface area contributed by atoms with Crippen LogP contribution in [0.5, 0.6) is 0 Å². The molecule has 0 rings (SSSR count). The lowest BCUT2D eigenvalue weighted by Crippen LogP contribution is -2.31. The van der Waals surface area contributed by atoms with E-state index in [4.69, 9.17) is 0 Å². The van der Waals surface area contributed by atoms with Crippen molar-refractivity contribution in [3.8, 4) is 0 Å². The van der Waals surface area contributed by atoms with E-state index in [1.807, 2.05) is 0 Å². The molecule has 0 aromatic carbocycles. The lowest BCUT2D eigenvalue weighted by atomic mass is 10.8. The van der Waals surface area contributed by atoms with Crippen LogP contribution in [0.1, 0.15) is 0 Å². The summed E-state index contributed by atoms with van der Waals surface area (Å²) in [5.41, 5.74) is 0. The summed E-state index contributed by atoms with van der Waals surface area (Å²) in [5.74, 6) is 0. The summed E-state index contributed by atoms with van der Waals surface area (Å²) in [4.78, 5) is 9.42. The molecular formula is C3H4F2O4S. The van der Waals surface area contributed by atoms with Gasteiger partial charge >= 0.3 is 15.4 Å². The largest absolute Gasteiger partial charge is 0.424 e. The highest BCUT2D eigenvalue weighted by Crippen LogP contribution is 2.19. The van der Waals surface area contributed by atoms with Crippen LogP contribution in [0.2, 0.25) is 0 Å². The van der Waals surface area contributed by atoms with Crippen LogP contribution in [0.15, 0.2) is 0 Å². The van der Waals surface area contributed by atoms with Gasteiger partial charge in [-0.1, -0.05) is 0 Å². The summed E-state index contributed by atoms with van der Waals surface area (Å²) < 4.78 is 47.2. The molecule has 0 atom stereocenters. The van der Waals surface area contributed by atoms with Gasteiger partial charge in [0.15, 0.2) is 0 Å². The first-order chi connectivity index (χ1) is 4.37. The van der Waals surface area contributed by atoms with Gasteiger partial charge in [-0.2, -0.15) is 17.2 Å².